The molecule has 0 unspecified atom stereocenters. The summed E-state index contributed by atoms with van der Waals surface area (Å²) in [6.45, 7) is 7.73. The molecule has 0 spiro atoms. The van der Waals surface area contributed by atoms with Crippen molar-refractivity contribution < 1.29 is 9.90 Å². The Balaban J connectivity index is 2.71. The molecule has 1 aromatic rings. The van der Waals surface area contributed by atoms with Crippen LogP contribution in [0.1, 0.15) is 45.7 Å². The quantitative estimate of drug-likeness (QED) is 0.821. The van der Waals surface area contributed by atoms with E-state index in [9.17, 15) is 4.79 Å². The fraction of sp³-hybridized carbons (Fsp3) is 0.583. The van der Waals surface area contributed by atoms with Gasteiger partial charge in [0.1, 0.15) is 5.82 Å². The Labute approximate surface area is 101 Å². The van der Waals surface area contributed by atoms with Gasteiger partial charge in [-0.15, -0.1) is 5.10 Å². The monoisotopic (exact) mass is 237 g/mol. The summed E-state index contributed by atoms with van der Waals surface area (Å²) in [5.74, 6) is 0.0958. The highest BCUT2D eigenvalue weighted by atomic mass is 16.4. The second-order valence-electron chi connectivity index (χ2n) is 5.08. The van der Waals surface area contributed by atoms with Gasteiger partial charge in [0.05, 0.1) is 12.1 Å². The number of rotatable bonds is 5. The van der Waals surface area contributed by atoms with Gasteiger partial charge in [-0.05, 0) is 31.9 Å². The molecule has 0 aliphatic rings. The highest BCUT2D eigenvalue weighted by Gasteiger charge is 2.21. The van der Waals surface area contributed by atoms with Gasteiger partial charge in [-0.1, -0.05) is 13.8 Å². The third kappa shape index (κ3) is 4.38. The predicted octanol–water partition coefficient (Wildman–Crippen LogP) is 2.27. The Hall–Kier alpha value is -1.65. The zero-order valence-electron chi connectivity index (χ0n) is 10.7. The molecule has 1 rings (SSSR count). The van der Waals surface area contributed by atoms with Gasteiger partial charge in [-0.2, -0.15) is 5.10 Å². The number of nitrogens with one attached hydrogen (secondary N) is 1. The summed E-state index contributed by atoms with van der Waals surface area (Å²) in [7, 11) is 0. The maximum atomic E-state index is 10.7. The Morgan fingerprint density at radius 2 is 2.06 bits per heavy atom. The van der Waals surface area contributed by atoms with Crippen molar-refractivity contribution in [3.8, 4) is 0 Å². The number of anilines is 1. The lowest BCUT2D eigenvalue weighted by Crippen LogP contribution is -2.34. The van der Waals surface area contributed by atoms with Crippen LogP contribution in [-0.2, 0) is 4.79 Å². The summed E-state index contributed by atoms with van der Waals surface area (Å²) >= 11 is 0. The fourth-order valence-corrected chi connectivity index (χ4v) is 1.49. The van der Waals surface area contributed by atoms with Crippen LogP contribution in [0, 0.1) is 0 Å². The van der Waals surface area contributed by atoms with Gasteiger partial charge in [0, 0.05) is 5.54 Å². The highest BCUT2D eigenvalue weighted by Crippen LogP contribution is 2.17. The molecule has 0 aliphatic carbocycles. The van der Waals surface area contributed by atoms with Crippen LogP contribution in [0.25, 0.3) is 0 Å². The van der Waals surface area contributed by atoms with E-state index in [2.05, 4.69) is 15.5 Å². The summed E-state index contributed by atoms with van der Waals surface area (Å²) in [5.41, 5.74) is 0.381. The molecule has 5 nitrogen and oxygen atoms in total. The van der Waals surface area contributed by atoms with Gasteiger partial charge in [0.25, 0.3) is 0 Å². The van der Waals surface area contributed by atoms with Crippen LogP contribution < -0.4 is 5.32 Å². The van der Waals surface area contributed by atoms with Crippen LogP contribution >= 0.6 is 0 Å². The number of hydrogen-bond acceptors (Lipinski definition) is 4. The van der Waals surface area contributed by atoms with E-state index in [1.165, 1.54) is 0 Å². The smallest absolute Gasteiger partial charge is 0.305 e. The number of aromatic nitrogens is 2. The third-order valence-corrected chi connectivity index (χ3v) is 2.34. The maximum Gasteiger partial charge on any atom is 0.305 e. The van der Waals surface area contributed by atoms with Gasteiger partial charge in [0.15, 0.2) is 0 Å². The molecule has 1 aromatic heterocycles. The van der Waals surface area contributed by atoms with Crippen LogP contribution in [-0.4, -0.2) is 26.8 Å². The molecule has 0 saturated carbocycles. The first kappa shape index (κ1) is 13.4. The molecule has 0 aliphatic heterocycles. The Morgan fingerprint density at radius 1 is 1.41 bits per heavy atom. The fourth-order valence-electron chi connectivity index (χ4n) is 1.49. The molecule has 2 N–H and O–H groups in total. The number of nitrogens with zero attached hydrogens (tertiary/aromatic N) is 2. The number of hydrogen-bond donors (Lipinski definition) is 2. The molecule has 0 amide bonds. The summed E-state index contributed by atoms with van der Waals surface area (Å²) in [5, 5.41) is 19.9. The number of aliphatic carboxylic acids is 1. The van der Waals surface area contributed by atoms with Crippen LogP contribution in [0.3, 0.4) is 0 Å². The largest absolute Gasteiger partial charge is 0.481 e. The Morgan fingerprint density at radius 3 is 2.47 bits per heavy atom. The van der Waals surface area contributed by atoms with E-state index in [4.69, 9.17) is 5.11 Å². The van der Waals surface area contributed by atoms with E-state index < -0.39 is 11.5 Å². The van der Waals surface area contributed by atoms with Crippen LogP contribution in [0.2, 0.25) is 0 Å². The lowest BCUT2D eigenvalue weighted by Gasteiger charge is -2.24. The van der Waals surface area contributed by atoms with Crippen molar-refractivity contribution in [2.45, 2.75) is 45.6 Å². The van der Waals surface area contributed by atoms with Crippen molar-refractivity contribution in [2.24, 2.45) is 0 Å². The summed E-state index contributed by atoms with van der Waals surface area (Å²) < 4.78 is 0. The van der Waals surface area contributed by atoms with E-state index in [0.29, 0.717) is 11.7 Å². The van der Waals surface area contributed by atoms with Gasteiger partial charge >= 0.3 is 5.97 Å². The van der Waals surface area contributed by atoms with E-state index in [-0.39, 0.29) is 6.42 Å². The minimum Gasteiger partial charge on any atom is -0.481 e. The van der Waals surface area contributed by atoms with Crippen molar-refractivity contribution in [1.82, 2.24) is 10.2 Å². The third-order valence-electron chi connectivity index (χ3n) is 2.34. The van der Waals surface area contributed by atoms with E-state index in [0.717, 1.165) is 5.69 Å². The molecule has 0 saturated heterocycles. The van der Waals surface area contributed by atoms with Gasteiger partial charge < -0.3 is 10.4 Å². The van der Waals surface area contributed by atoms with Crippen molar-refractivity contribution >= 4 is 11.8 Å². The average Bonchev–Trinajstić information content (AvgIpc) is 2.15. The lowest BCUT2D eigenvalue weighted by molar-refractivity contribution is -0.137. The van der Waals surface area contributed by atoms with Crippen molar-refractivity contribution in [3.63, 3.8) is 0 Å². The molecule has 0 bridgehead atoms. The summed E-state index contributed by atoms with van der Waals surface area (Å²) in [4.78, 5) is 10.7. The van der Waals surface area contributed by atoms with Gasteiger partial charge in [-0.25, -0.2) is 0 Å². The van der Waals surface area contributed by atoms with E-state index in [1.54, 1.807) is 0 Å². The highest BCUT2D eigenvalue weighted by molar-refractivity contribution is 5.69. The molecule has 1 heterocycles. The first-order valence-electron chi connectivity index (χ1n) is 5.64. The summed E-state index contributed by atoms with van der Waals surface area (Å²) in [6.07, 6.45) is 0.0284. The molecule has 0 radical (unpaired) electrons. The molecular formula is C12H19N3O2. The normalized spacial score (nSPS) is 11.6. The Kier molecular flexibility index (Phi) is 4.04. The van der Waals surface area contributed by atoms with Crippen LogP contribution in [0.15, 0.2) is 12.1 Å². The minimum absolute atomic E-state index is 0.0284. The number of carboxylic acids is 1. The summed E-state index contributed by atoms with van der Waals surface area (Å²) in [6, 6.07) is 3.72. The maximum absolute atomic E-state index is 10.7. The standard InChI is InChI=1S/C12H19N3O2/c1-8(2)9-5-6-10(15-14-9)13-12(3,4)7-11(16)17/h5-6,8H,7H2,1-4H3,(H,13,15)(H,16,17). The van der Waals surface area contributed by atoms with Crippen LogP contribution in [0.4, 0.5) is 5.82 Å². The predicted molar refractivity (Wildman–Crippen MR) is 66.1 cm³/mol. The van der Waals surface area contributed by atoms with Crippen LogP contribution in [0.5, 0.6) is 0 Å². The molecule has 0 aromatic carbocycles. The van der Waals surface area contributed by atoms with E-state index >= 15 is 0 Å². The second-order valence-corrected chi connectivity index (χ2v) is 5.08. The lowest BCUT2D eigenvalue weighted by atomic mass is 10.0. The average molecular weight is 237 g/mol. The molecule has 94 valence electrons. The molecule has 5 heteroatoms. The zero-order valence-corrected chi connectivity index (χ0v) is 10.7. The number of carboxylic acid groups (broad SMARTS) is 1. The van der Waals surface area contributed by atoms with Crippen molar-refractivity contribution in [1.29, 1.82) is 0 Å². The molecular weight excluding hydrogens is 218 g/mol. The topological polar surface area (TPSA) is 75.1 Å². The minimum atomic E-state index is -0.839. The SMILES string of the molecule is CC(C)c1ccc(NC(C)(C)CC(=O)O)nn1. The molecule has 17 heavy (non-hydrogen) atoms. The van der Waals surface area contributed by atoms with Gasteiger partial charge in [0.2, 0.25) is 0 Å². The first-order chi connectivity index (χ1) is 7.80. The second kappa shape index (κ2) is 5.12. The van der Waals surface area contributed by atoms with Crippen molar-refractivity contribution in [3.05, 3.63) is 17.8 Å². The zero-order chi connectivity index (χ0) is 13.1. The first-order valence-corrected chi connectivity index (χ1v) is 5.64. The van der Waals surface area contributed by atoms with Gasteiger partial charge in [-0.3, -0.25) is 4.79 Å². The molecule has 0 atom stereocenters. The van der Waals surface area contributed by atoms with Crippen molar-refractivity contribution in [2.75, 3.05) is 5.32 Å². The van der Waals surface area contributed by atoms with E-state index in [1.807, 2.05) is 39.8 Å². The number of carbonyl (C=O) groups is 1. The Bertz CT molecular complexity index is 385. The molecule has 0 fully saturated rings.